The molecule has 3 saturated heterocycles. The summed E-state index contributed by atoms with van der Waals surface area (Å²) in [6.07, 6.45) is -21.1. The Hall–Kier alpha value is -2.03. The molecule has 1 aromatic rings. The van der Waals surface area contributed by atoms with Gasteiger partial charge in [0, 0.05) is 17.8 Å². The van der Waals surface area contributed by atoms with Crippen molar-refractivity contribution in [1.29, 1.82) is 0 Å². The van der Waals surface area contributed by atoms with Gasteiger partial charge in [0.25, 0.3) is 0 Å². The molecule has 7 aliphatic rings. The Balaban J connectivity index is 0.986. The summed E-state index contributed by atoms with van der Waals surface area (Å²) in [5.74, 6) is -4.23. The number of hydrogen-bond donors (Lipinski definition) is 12. The lowest BCUT2D eigenvalue weighted by molar-refractivity contribution is -0.478. The van der Waals surface area contributed by atoms with Gasteiger partial charge >= 0.3 is 11.9 Å². The van der Waals surface area contributed by atoms with Crippen molar-refractivity contribution in [3.63, 3.8) is 0 Å². The normalized spacial score (nSPS) is 52.1. The van der Waals surface area contributed by atoms with Gasteiger partial charge in [-0.25, -0.2) is 4.79 Å². The molecule has 0 amide bonds. The molecular weight excluding hydrogens is 872 g/mol. The van der Waals surface area contributed by atoms with E-state index < -0.39 is 157 Å². The first-order valence-electron chi connectivity index (χ1n) is 23.5. The molecule has 20 heteroatoms. The maximum Gasteiger partial charge on any atom is 0.338 e. The number of fused-ring (bicyclic) bond motifs is 5. The van der Waals surface area contributed by atoms with Gasteiger partial charge in [0.05, 0.1) is 48.8 Å². The highest BCUT2D eigenvalue weighted by molar-refractivity contribution is 5.89. The second kappa shape index (κ2) is 18.6. The molecule has 0 spiro atoms. The van der Waals surface area contributed by atoms with Crippen molar-refractivity contribution < 1.29 is 99.2 Å². The zero-order valence-electron chi connectivity index (χ0n) is 37.8. The van der Waals surface area contributed by atoms with Crippen LogP contribution in [0.15, 0.2) is 30.3 Å². The van der Waals surface area contributed by atoms with Crippen molar-refractivity contribution in [2.24, 2.45) is 28.6 Å². The number of aliphatic hydroxyl groups is 12. The van der Waals surface area contributed by atoms with E-state index in [2.05, 4.69) is 6.92 Å². The standard InChI is InChI=1S/C46H70O20/c1-21(62-40(57)23-8-6-5-7-9-23)26-17-31(49)45(59)43(26,4)14-12-30-42(3)13-11-25(16-24(42)10-15-44(30,45)58)65-46(39(56)36(54)33(51)28(19-47)66-46)60-20-29-34(52)35(53)37(55)41(63-29)64-38-22(2)61-32(50)18-27(38)48/h5-9,21-22,24-39,41,47-56,58-59H,10-20H2,1-4H3. The van der Waals surface area contributed by atoms with Gasteiger partial charge in [0.1, 0.15) is 60.5 Å². The topological polar surface area (TPSA) is 324 Å². The minimum atomic E-state index is -2.61. The summed E-state index contributed by atoms with van der Waals surface area (Å²) in [6.45, 7) is 5.61. The summed E-state index contributed by atoms with van der Waals surface area (Å²) in [4.78, 5) is 13.1. The van der Waals surface area contributed by atoms with Gasteiger partial charge in [-0.05, 0) is 94.6 Å². The molecule has 7 fully saturated rings. The van der Waals surface area contributed by atoms with Crippen LogP contribution in [-0.2, 0) is 33.2 Å². The van der Waals surface area contributed by atoms with Gasteiger partial charge in [-0.2, -0.15) is 0 Å². The van der Waals surface area contributed by atoms with Crippen molar-refractivity contribution in [1.82, 2.24) is 0 Å². The second-order valence-electron chi connectivity index (χ2n) is 20.7. The van der Waals surface area contributed by atoms with Crippen LogP contribution in [0.3, 0.4) is 0 Å². The highest BCUT2D eigenvalue weighted by Crippen LogP contribution is 2.71. The monoisotopic (exact) mass is 942 g/mol. The van der Waals surface area contributed by atoms with Crippen LogP contribution < -0.4 is 0 Å². The van der Waals surface area contributed by atoms with Crippen LogP contribution in [0.4, 0.5) is 0 Å². The molecule has 4 saturated carbocycles. The minimum absolute atomic E-state index is 0.111. The van der Waals surface area contributed by atoms with E-state index in [-0.39, 0.29) is 31.6 Å². The summed E-state index contributed by atoms with van der Waals surface area (Å²) >= 11 is 0. The largest absolute Gasteiger partial charge is 0.459 e. The zero-order chi connectivity index (χ0) is 47.9. The van der Waals surface area contributed by atoms with Crippen LogP contribution in [0.25, 0.3) is 0 Å². The van der Waals surface area contributed by atoms with Crippen molar-refractivity contribution in [3.05, 3.63) is 35.9 Å². The number of esters is 1. The molecule has 20 nitrogen and oxygen atoms in total. The maximum atomic E-state index is 13.1. The van der Waals surface area contributed by atoms with E-state index in [0.29, 0.717) is 37.7 Å². The van der Waals surface area contributed by atoms with Crippen molar-refractivity contribution in [2.75, 3.05) is 13.2 Å². The molecule has 8 rings (SSSR count). The molecule has 12 N–H and O–H groups in total. The van der Waals surface area contributed by atoms with Gasteiger partial charge in [-0.1, -0.05) is 32.0 Å². The van der Waals surface area contributed by atoms with E-state index in [1.54, 1.807) is 37.3 Å². The minimum Gasteiger partial charge on any atom is -0.459 e. The summed E-state index contributed by atoms with van der Waals surface area (Å²) in [6, 6.07) is 8.56. The van der Waals surface area contributed by atoms with Crippen molar-refractivity contribution >= 4 is 5.97 Å². The number of hydrogen-bond acceptors (Lipinski definition) is 20. The lowest BCUT2D eigenvalue weighted by atomic mass is 9.41. The Labute approximate surface area is 382 Å². The molecular formula is C46H70O20. The Morgan fingerprint density at radius 2 is 1.52 bits per heavy atom. The van der Waals surface area contributed by atoms with Crippen molar-refractivity contribution in [2.45, 2.75) is 201 Å². The lowest BCUT2D eigenvalue weighted by Gasteiger charge is -2.68. The number of ether oxygens (including phenoxy) is 7. The van der Waals surface area contributed by atoms with E-state index >= 15 is 0 Å². The summed E-state index contributed by atoms with van der Waals surface area (Å²) < 4.78 is 41.5. The first kappa shape index (κ1) is 50.4. The molecule has 4 aliphatic carbocycles. The zero-order valence-corrected chi connectivity index (χ0v) is 37.8. The highest BCUT2D eigenvalue weighted by atomic mass is 16.9. The Morgan fingerprint density at radius 1 is 0.818 bits per heavy atom. The molecule has 0 aromatic heterocycles. The predicted molar refractivity (Wildman–Crippen MR) is 223 cm³/mol. The third-order valence-corrected chi connectivity index (χ3v) is 17.2. The SMILES string of the molecule is CC1OC(O)CC(O)C1OC1OC(COC2(OC3CCC4(C)C(CCC5(O)C4CCC4(C)C(C(C)OC(=O)c6ccccc6)CC(O)C45O)C3)OC(CO)C(O)C(O)C2O)C(O)C(O)C1O. The van der Waals surface area contributed by atoms with Crippen LogP contribution in [0.1, 0.15) is 95.8 Å². The molecule has 0 bridgehead atoms. The van der Waals surface area contributed by atoms with Crippen LogP contribution in [0.5, 0.6) is 0 Å². The summed E-state index contributed by atoms with van der Waals surface area (Å²) in [7, 11) is 0. The number of aliphatic hydroxyl groups excluding tert-OH is 10. The molecule has 24 unspecified atom stereocenters. The van der Waals surface area contributed by atoms with E-state index in [0.717, 1.165) is 0 Å². The van der Waals surface area contributed by atoms with Crippen LogP contribution in [0, 0.1) is 28.6 Å². The van der Waals surface area contributed by atoms with Crippen LogP contribution in [-0.4, -0.2) is 196 Å². The highest BCUT2D eigenvalue weighted by Gasteiger charge is 2.77. The van der Waals surface area contributed by atoms with Gasteiger partial charge in [-0.15, -0.1) is 0 Å². The molecule has 24 atom stereocenters. The molecule has 0 radical (unpaired) electrons. The van der Waals surface area contributed by atoms with E-state index in [9.17, 15) is 66.1 Å². The number of rotatable bonds is 11. The summed E-state index contributed by atoms with van der Waals surface area (Å²) in [5, 5.41) is 134. The molecule has 3 aliphatic heterocycles. The first-order chi connectivity index (χ1) is 31.0. The summed E-state index contributed by atoms with van der Waals surface area (Å²) in [5.41, 5.74) is -4.91. The fourth-order valence-corrected chi connectivity index (χ4v) is 13.4. The molecule has 374 valence electrons. The van der Waals surface area contributed by atoms with Crippen LogP contribution in [0.2, 0.25) is 0 Å². The average molecular weight is 943 g/mol. The lowest BCUT2D eigenvalue weighted by Crippen LogP contribution is -2.76. The predicted octanol–water partition coefficient (Wildman–Crippen LogP) is -1.70. The number of carbonyl (C=O) groups excluding carboxylic acids is 1. The van der Waals surface area contributed by atoms with Gasteiger partial charge in [-0.3, -0.25) is 0 Å². The number of benzene rings is 1. The van der Waals surface area contributed by atoms with Crippen molar-refractivity contribution in [3.8, 4) is 0 Å². The van der Waals surface area contributed by atoms with Gasteiger partial charge < -0.3 is 94.4 Å². The smallest absolute Gasteiger partial charge is 0.338 e. The molecule has 66 heavy (non-hydrogen) atoms. The fraction of sp³-hybridized carbons (Fsp3) is 0.848. The first-order valence-corrected chi connectivity index (χ1v) is 23.5. The van der Waals surface area contributed by atoms with Crippen LogP contribution >= 0.6 is 0 Å². The maximum absolute atomic E-state index is 13.1. The fourth-order valence-electron chi connectivity index (χ4n) is 13.4. The average Bonchev–Trinajstić information content (AvgIpc) is 3.50. The Kier molecular flexibility index (Phi) is 14.2. The van der Waals surface area contributed by atoms with E-state index in [1.807, 2.05) is 6.92 Å². The third kappa shape index (κ3) is 8.16. The number of carbonyl (C=O) groups is 1. The van der Waals surface area contributed by atoms with Gasteiger partial charge in [0.2, 0.25) is 0 Å². The third-order valence-electron chi connectivity index (χ3n) is 17.2. The second-order valence-corrected chi connectivity index (χ2v) is 20.7. The van der Waals surface area contributed by atoms with E-state index in [4.69, 9.17) is 33.2 Å². The van der Waals surface area contributed by atoms with E-state index in [1.165, 1.54) is 6.92 Å². The Bertz CT molecular complexity index is 1830. The molecule has 3 heterocycles. The van der Waals surface area contributed by atoms with Gasteiger partial charge in [0.15, 0.2) is 18.7 Å². The Morgan fingerprint density at radius 3 is 2.20 bits per heavy atom. The molecule has 1 aromatic carbocycles. The quantitative estimate of drug-likeness (QED) is 0.0669.